The predicted octanol–water partition coefficient (Wildman–Crippen LogP) is 3.51. The molecule has 1 N–H and O–H groups in total. The highest BCUT2D eigenvalue weighted by Gasteiger charge is 2.22. The van der Waals surface area contributed by atoms with Crippen molar-refractivity contribution in [3.8, 4) is 11.1 Å². The average molecular weight is 391 g/mol. The molecule has 0 aliphatic heterocycles. The number of anilines is 1. The molecule has 1 saturated carbocycles. The molecule has 1 aliphatic rings. The van der Waals surface area contributed by atoms with Gasteiger partial charge in [-0.15, -0.1) is 5.10 Å². The van der Waals surface area contributed by atoms with Gasteiger partial charge in [0.25, 0.3) is 0 Å². The zero-order chi connectivity index (χ0) is 19.8. The summed E-state index contributed by atoms with van der Waals surface area (Å²) in [5, 5.41) is 8.15. The van der Waals surface area contributed by atoms with E-state index in [1.54, 1.807) is 0 Å². The first kappa shape index (κ1) is 18.1. The van der Waals surface area contributed by atoms with Gasteiger partial charge in [-0.2, -0.15) is 0 Å². The van der Waals surface area contributed by atoms with E-state index in [1.807, 2.05) is 40.6 Å². The summed E-state index contributed by atoms with van der Waals surface area (Å²) in [6.45, 7) is 4.87. The molecule has 0 unspecified atom stereocenters. The van der Waals surface area contributed by atoms with Crippen LogP contribution in [0.3, 0.4) is 0 Å². The molecule has 150 valence electrons. The lowest BCUT2D eigenvalue weighted by Crippen LogP contribution is -2.30. The molecule has 29 heavy (non-hydrogen) atoms. The van der Waals surface area contributed by atoms with E-state index in [-0.39, 0.29) is 0 Å². The second-order valence-electron chi connectivity index (χ2n) is 7.63. The van der Waals surface area contributed by atoms with E-state index in [4.69, 9.17) is 4.74 Å². The van der Waals surface area contributed by atoms with Gasteiger partial charge in [-0.25, -0.2) is 19.5 Å². The van der Waals surface area contributed by atoms with Crippen LogP contribution in [0.2, 0.25) is 0 Å². The van der Waals surface area contributed by atoms with Crippen molar-refractivity contribution in [3.05, 3.63) is 42.7 Å². The average Bonchev–Trinajstić information content (AvgIpc) is 3.33. The number of hydrogen-bond acceptors (Lipinski definition) is 6. The lowest BCUT2D eigenvalue weighted by Gasteiger charge is -2.28. The Morgan fingerprint density at radius 2 is 1.93 bits per heavy atom. The Hall–Kier alpha value is -3.00. The SMILES string of the molecule is CCOC1CCC(Nc2ncc3c(-c4cnc5ncc(C)n5c4)ccn3n2)CC1. The Morgan fingerprint density at radius 1 is 1.10 bits per heavy atom. The maximum atomic E-state index is 5.74. The molecule has 1 fully saturated rings. The number of imidazole rings is 1. The van der Waals surface area contributed by atoms with E-state index in [0.717, 1.165) is 54.6 Å². The molecule has 4 heterocycles. The van der Waals surface area contributed by atoms with Gasteiger partial charge in [-0.05, 0) is 45.6 Å². The molecule has 0 atom stereocenters. The minimum absolute atomic E-state index is 0.398. The molecule has 4 aromatic rings. The molecule has 0 radical (unpaired) electrons. The van der Waals surface area contributed by atoms with Crippen molar-refractivity contribution < 1.29 is 4.74 Å². The van der Waals surface area contributed by atoms with Crippen LogP contribution in [0.1, 0.15) is 38.3 Å². The number of nitrogens with one attached hydrogen (secondary N) is 1. The van der Waals surface area contributed by atoms with Gasteiger partial charge >= 0.3 is 0 Å². The lowest BCUT2D eigenvalue weighted by atomic mass is 9.93. The first-order valence-electron chi connectivity index (χ1n) is 10.2. The molecule has 0 spiro atoms. The highest BCUT2D eigenvalue weighted by Crippen LogP contribution is 2.26. The quantitative estimate of drug-likeness (QED) is 0.561. The minimum atomic E-state index is 0.398. The summed E-state index contributed by atoms with van der Waals surface area (Å²) in [7, 11) is 0. The van der Waals surface area contributed by atoms with Crippen molar-refractivity contribution in [2.75, 3.05) is 11.9 Å². The van der Waals surface area contributed by atoms with Crippen LogP contribution in [0.5, 0.6) is 0 Å². The third-order valence-electron chi connectivity index (χ3n) is 5.69. The molecule has 0 saturated heterocycles. The predicted molar refractivity (Wildman–Crippen MR) is 111 cm³/mol. The monoisotopic (exact) mass is 391 g/mol. The number of ether oxygens (including phenoxy) is 1. The van der Waals surface area contributed by atoms with E-state index in [2.05, 4.69) is 44.6 Å². The third-order valence-corrected chi connectivity index (χ3v) is 5.69. The van der Waals surface area contributed by atoms with Gasteiger partial charge in [-0.1, -0.05) is 0 Å². The maximum absolute atomic E-state index is 5.74. The summed E-state index contributed by atoms with van der Waals surface area (Å²) in [4.78, 5) is 13.3. The summed E-state index contributed by atoms with van der Waals surface area (Å²) < 4.78 is 9.61. The van der Waals surface area contributed by atoms with E-state index in [0.29, 0.717) is 23.9 Å². The van der Waals surface area contributed by atoms with Gasteiger partial charge in [0, 0.05) is 48.1 Å². The van der Waals surface area contributed by atoms with Crippen molar-refractivity contribution in [2.24, 2.45) is 0 Å². The van der Waals surface area contributed by atoms with E-state index < -0.39 is 0 Å². The van der Waals surface area contributed by atoms with Gasteiger partial charge in [0.05, 0.1) is 24.0 Å². The van der Waals surface area contributed by atoms with Crippen LogP contribution in [0, 0.1) is 6.92 Å². The summed E-state index contributed by atoms with van der Waals surface area (Å²) in [5.74, 6) is 1.37. The van der Waals surface area contributed by atoms with Crippen LogP contribution < -0.4 is 5.32 Å². The van der Waals surface area contributed by atoms with E-state index in [1.165, 1.54) is 0 Å². The van der Waals surface area contributed by atoms with Crippen LogP contribution in [0.15, 0.2) is 37.1 Å². The zero-order valence-electron chi connectivity index (χ0n) is 16.7. The highest BCUT2D eigenvalue weighted by atomic mass is 16.5. The molecule has 0 amide bonds. The normalized spacial score (nSPS) is 19.8. The first-order valence-corrected chi connectivity index (χ1v) is 10.2. The Labute approximate surface area is 169 Å². The minimum Gasteiger partial charge on any atom is -0.379 e. The first-order chi connectivity index (χ1) is 14.2. The van der Waals surface area contributed by atoms with Gasteiger partial charge in [0.1, 0.15) is 0 Å². The molecule has 0 bridgehead atoms. The number of rotatable bonds is 5. The molecule has 1 aliphatic carbocycles. The van der Waals surface area contributed by atoms with Crippen LogP contribution in [-0.2, 0) is 4.74 Å². The number of aryl methyl sites for hydroxylation is 1. The number of fused-ring (bicyclic) bond motifs is 2. The topological polar surface area (TPSA) is 81.6 Å². The van der Waals surface area contributed by atoms with Crippen LogP contribution in [0.25, 0.3) is 22.4 Å². The van der Waals surface area contributed by atoms with Crippen molar-refractivity contribution >= 4 is 17.2 Å². The Kier molecular flexibility index (Phi) is 4.63. The molecular formula is C21H25N7O. The number of aromatic nitrogens is 6. The second kappa shape index (κ2) is 7.44. The Morgan fingerprint density at radius 3 is 2.76 bits per heavy atom. The molecular weight excluding hydrogens is 366 g/mol. The standard InChI is InChI=1S/C21H25N7O/c1-3-29-17-6-4-16(5-7-17)25-20-22-12-19-18(8-9-28(19)26-20)15-11-24-21-23-10-14(2)27(21)13-15/h8-13,16-17H,3-7H2,1-2H3,(H,25,26). The van der Waals surface area contributed by atoms with Crippen molar-refractivity contribution in [1.82, 2.24) is 29.0 Å². The zero-order valence-corrected chi connectivity index (χ0v) is 16.7. The maximum Gasteiger partial charge on any atom is 0.241 e. The van der Waals surface area contributed by atoms with Crippen LogP contribution in [-0.4, -0.2) is 47.7 Å². The van der Waals surface area contributed by atoms with Crippen molar-refractivity contribution in [1.29, 1.82) is 0 Å². The summed E-state index contributed by atoms with van der Waals surface area (Å²) in [5.41, 5.74) is 4.07. The number of nitrogens with zero attached hydrogens (tertiary/aromatic N) is 6. The molecule has 5 rings (SSSR count). The lowest BCUT2D eigenvalue weighted by molar-refractivity contribution is 0.0346. The van der Waals surface area contributed by atoms with Gasteiger partial charge < -0.3 is 10.1 Å². The largest absolute Gasteiger partial charge is 0.379 e. The second-order valence-corrected chi connectivity index (χ2v) is 7.63. The Balaban J connectivity index is 1.36. The van der Waals surface area contributed by atoms with Crippen molar-refractivity contribution in [3.63, 3.8) is 0 Å². The summed E-state index contributed by atoms with van der Waals surface area (Å²) in [6.07, 6.45) is 14.3. The molecule has 0 aromatic carbocycles. The fraction of sp³-hybridized carbons (Fsp3) is 0.429. The molecule has 4 aromatic heterocycles. The highest BCUT2D eigenvalue weighted by molar-refractivity contribution is 5.79. The van der Waals surface area contributed by atoms with Crippen LogP contribution in [0.4, 0.5) is 5.95 Å². The fourth-order valence-corrected chi connectivity index (χ4v) is 4.13. The van der Waals surface area contributed by atoms with Gasteiger partial charge in [-0.3, -0.25) is 4.40 Å². The van der Waals surface area contributed by atoms with Gasteiger partial charge in [0.2, 0.25) is 11.7 Å². The smallest absolute Gasteiger partial charge is 0.241 e. The van der Waals surface area contributed by atoms with Crippen LogP contribution >= 0.6 is 0 Å². The van der Waals surface area contributed by atoms with E-state index in [9.17, 15) is 0 Å². The summed E-state index contributed by atoms with van der Waals surface area (Å²) >= 11 is 0. The molecule has 8 heteroatoms. The van der Waals surface area contributed by atoms with Gasteiger partial charge in [0.15, 0.2) is 0 Å². The van der Waals surface area contributed by atoms with E-state index >= 15 is 0 Å². The number of hydrogen-bond donors (Lipinski definition) is 1. The fourth-order valence-electron chi connectivity index (χ4n) is 4.13. The molecule has 8 nitrogen and oxygen atoms in total. The summed E-state index contributed by atoms with van der Waals surface area (Å²) in [6, 6.07) is 2.45. The third kappa shape index (κ3) is 3.44. The Bertz CT molecular complexity index is 1140. The van der Waals surface area contributed by atoms with Crippen molar-refractivity contribution in [2.45, 2.75) is 51.7 Å².